The maximum absolute atomic E-state index is 4.99. The van der Waals surface area contributed by atoms with E-state index in [1.54, 1.807) is 0 Å². The van der Waals surface area contributed by atoms with Gasteiger partial charge in [-0.05, 0) is 12.1 Å². The predicted octanol–water partition coefficient (Wildman–Crippen LogP) is 7.08. The zero-order chi connectivity index (χ0) is 20.3. The van der Waals surface area contributed by atoms with Crippen molar-refractivity contribution in [2.75, 3.05) is 13.1 Å². The van der Waals surface area contributed by atoms with Crippen molar-refractivity contribution in [1.29, 1.82) is 0 Å². The molecule has 4 rings (SSSR count). The Balaban J connectivity index is 0.000000910. The summed E-state index contributed by atoms with van der Waals surface area (Å²) in [6.07, 6.45) is 9.84. The molecule has 4 atom stereocenters. The fourth-order valence-electron chi connectivity index (χ4n) is 4.61. The van der Waals surface area contributed by atoms with Crippen LogP contribution >= 0.6 is 20.2 Å². The molecule has 29 heavy (non-hydrogen) atoms. The SMILES string of the molecule is [Cl][Mn][Cl].[HH].[HH].c1cc2nc(c1)C[N-][C@@H]1CCCC[C@H]1[N-]CC[N-]C1CCCCC1[N-]C2. The zero-order valence-corrected chi connectivity index (χ0v) is 19.6. The van der Waals surface area contributed by atoms with Crippen LogP contribution in [-0.4, -0.2) is 42.2 Å². The van der Waals surface area contributed by atoms with Gasteiger partial charge < -0.3 is 21.3 Å². The second kappa shape index (κ2) is 13.5. The molecule has 2 fully saturated rings. The van der Waals surface area contributed by atoms with Crippen LogP contribution < -0.4 is 0 Å². The van der Waals surface area contributed by atoms with Crippen LogP contribution in [0.15, 0.2) is 18.2 Å². The molecule has 1 aromatic heterocycles. The first kappa shape index (κ1) is 23.7. The van der Waals surface area contributed by atoms with Gasteiger partial charge in [-0.25, -0.2) is 0 Å². The van der Waals surface area contributed by atoms with Gasteiger partial charge in [-0.3, -0.25) is 4.98 Å². The molecule has 0 saturated heterocycles. The third-order valence-electron chi connectivity index (χ3n) is 6.06. The van der Waals surface area contributed by atoms with Gasteiger partial charge in [-0.2, -0.15) is 37.3 Å². The van der Waals surface area contributed by atoms with E-state index in [2.05, 4.69) is 18.2 Å². The Bertz CT molecular complexity index is 559. The quantitative estimate of drug-likeness (QED) is 0.364. The van der Waals surface area contributed by atoms with Gasteiger partial charge in [0.25, 0.3) is 0 Å². The minimum atomic E-state index is 0. The van der Waals surface area contributed by atoms with Crippen LogP contribution in [0.25, 0.3) is 21.3 Å². The van der Waals surface area contributed by atoms with Crippen molar-refractivity contribution >= 4 is 20.2 Å². The molecular formula is C21H35Cl2MnN5-4. The molecule has 0 amide bonds. The Morgan fingerprint density at radius 3 is 1.52 bits per heavy atom. The van der Waals surface area contributed by atoms with Gasteiger partial charge in [0.05, 0.1) is 0 Å². The number of hydrogen-bond acceptors (Lipinski definition) is 1. The first-order chi connectivity index (χ1) is 14.3. The van der Waals surface area contributed by atoms with Crippen molar-refractivity contribution in [2.24, 2.45) is 0 Å². The van der Waals surface area contributed by atoms with Gasteiger partial charge in [-0.1, -0.05) is 57.4 Å². The van der Waals surface area contributed by atoms with Gasteiger partial charge in [0.2, 0.25) is 0 Å². The van der Waals surface area contributed by atoms with E-state index in [1.807, 2.05) is 0 Å². The van der Waals surface area contributed by atoms with Gasteiger partial charge in [0.1, 0.15) is 0 Å². The van der Waals surface area contributed by atoms with Gasteiger partial charge in [0.15, 0.2) is 0 Å². The van der Waals surface area contributed by atoms with Gasteiger partial charge in [-0.15, -0.1) is 13.1 Å². The van der Waals surface area contributed by atoms with E-state index in [0.29, 0.717) is 37.3 Å². The summed E-state index contributed by atoms with van der Waals surface area (Å²) in [4.78, 5) is 4.81. The Morgan fingerprint density at radius 2 is 1.10 bits per heavy atom. The number of pyridine rings is 1. The fraction of sp³-hybridized carbons (Fsp3) is 0.762. The maximum atomic E-state index is 4.99. The Hall–Kier alpha value is 0.0895. The standard InChI is InChI=1S/C21H31N5.2ClH.Mn.2H2/c1-3-10-20-18(8-1)22-12-13-23-19-9-2-4-11-21(19)25-15-17-7-5-6-16(26-17)14-24-20;;;;;/h5-7,18-21H,1-4,8-15H2;2*1H;;2*1H/q-4;;;+2;;/p-2/t18-,19?,20-,21?;;;;;/m1...../s1. The maximum Gasteiger partial charge on any atom is 0.0201 e. The van der Waals surface area contributed by atoms with Crippen LogP contribution in [0, 0.1) is 0 Å². The van der Waals surface area contributed by atoms with Gasteiger partial charge in [0, 0.05) is 14.2 Å². The smallest absolute Gasteiger partial charge is 0.0201 e. The monoisotopic (exact) mass is 482 g/mol. The van der Waals surface area contributed by atoms with Crippen molar-refractivity contribution in [1.82, 2.24) is 4.98 Å². The predicted molar refractivity (Wildman–Crippen MR) is 123 cm³/mol. The van der Waals surface area contributed by atoms with Crippen LogP contribution in [0.5, 0.6) is 0 Å². The summed E-state index contributed by atoms with van der Waals surface area (Å²) in [5, 5.41) is 19.9. The number of fused-ring (bicyclic) bond motifs is 4. The Morgan fingerprint density at radius 1 is 0.724 bits per heavy atom. The molecule has 2 saturated carbocycles. The van der Waals surface area contributed by atoms with Crippen LogP contribution in [0.4, 0.5) is 0 Å². The molecule has 0 spiro atoms. The van der Waals surface area contributed by atoms with E-state index >= 15 is 0 Å². The summed E-state index contributed by atoms with van der Waals surface area (Å²) >= 11 is 0.00694. The number of aromatic nitrogens is 1. The van der Waals surface area contributed by atoms with Gasteiger partial charge >= 0.3 is 33.3 Å². The molecule has 0 N–H and O–H groups in total. The summed E-state index contributed by atoms with van der Waals surface area (Å²) in [6.45, 7) is 3.12. The molecule has 1 aromatic rings. The second-order valence-electron chi connectivity index (χ2n) is 8.01. The minimum Gasteiger partial charge on any atom is -0.662 e. The number of halogens is 2. The third-order valence-corrected chi connectivity index (χ3v) is 6.06. The second-order valence-corrected chi connectivity index (χ2v) is 9.96. The van der Waals surface area contributed by atoms with Crippen molar-refractivity contribution < 1.29 is 16.0 Å². The van der Waals surface area contributed by atoms with Crippen molar-refractivity contribution in [3.8, 4) is 0 Å². The van der Waals surface area contributed by atoms with Crippen molar-refractivity contribution in [3.05, 3.63) is 50.9 Å². The molecule has 2 bridgehead atoms. The molecule has 169 valence electrons. The number of hydrogen-bond donors (Lipinski definition) is 0. The first-order valence-corrected chi connectivity index (χ1v) is 14.0. The molecule has 0 aromatic carbocycles. The molecular weight excluding hydrogens is 448 g/mol. The van der Waals surface area contributed by atoms with E-state index in [-0.39, 0.29) is 16.0 Å². The fourth-order valence-corrected chi connectivity index (χ4v) is 4.61. The van der Waals surface area contributed by atoms with Crippen LogP contribution in [0.1, 0.15) is 65.6 Å². The molecule has 0 radical (unpaired) electrons. The van der Waals surface area contributed by atoms with Crippen molar-refractivity contribution in [3.63, 3.8) is 0 Å². The molecule has 1 aliphatic heterocycles. The number of rotatable bonds is 0. The van der Waals surface area contributed by atoms with Crippen molar-refractivity contribution in [2.45, 2.75) is 88.6 Å². The summed E-state index contributed by atoms with van der Waals surface area (Å²) < 4.78 is 0. The Kier molecular flexibility index (Phi) is 11.0. The summed E-state index contributed by atoms with van der Waals surface area (Å²) in [5.74, 6) is 0. The average molecular weight is 483 g/mol. The zero-order valence-electron chi connectivity index (χ0n) is 16.9. The Labute approximate surface area is 193 Å². The molecule has 3 aliphatic rings. The normalized spacial score (nSPS) is 31.1. The summed E-state index contributed by atoms with van der Waals surface area (Å²) in [6, 6.07) is 7.81. The van der Waals surface area contributed by atoms with Crippen LogP contribution in [0.2, 0.25) is 0 Å². The average Bonchev–Trinajstić information content (AvgIpc) is 2.76. The molecule has 5 nitrogen and oxygen atoms in total. The minimum absolute atomic E-state index is 0. The topological polar surface area (TPSA) is 69.3 Å². The first-order valence-electron chi connectivity index (χ1n) is 10.8. The summed E-state index contributed by atoms with van der Waals surface area (Å²) in [7, 11) is 9.59. The largest absolute Gasteiger partial charge is 0.662 e. The van der Waals surface area contributed by atoms with E-state index in [9.17, 15) is 0 Å². The third kappa shape index (κ3) is 7.93. The van der Waals surface area contributed by atoms with E-state index < -0.39 is 0 Å². The molecule has 8 heteroatoms. The molecule has 2 aliphatic carbocycles. The van der Waals surface area contributed by atoms with E-state index in [4.69, 9.17) is 46.4 Å². The molecule has 2 unspecified atom stereocenters. The van der Waals surface area contributed by atoms with E-state index in [1.165, 1.54) is 51.4 Å². The summed E-state index contributed by atoms with van der Waals surface area (Å²) in [5.41, 5.74) is 2.14. The number of nitrogens with zero attached hydrogens (tertiary/aromatic N) is 5. The van der Waals surface area contributed by atoms with E-state index in [0.717, 1.165) is 24.5 Å². The van der Waals surface area contributed by atoms with Crippen LogP contribution in [0.3, 0.4) is 0 Å². The van der Waals surface area contributed by atoms with Crippen LogP contribution in [-0.2, 0) is 26.2 Å². The molecule has 2 heterocycles.